The second kappa shape index (κ2) is 5.41. The molecule has 3 heteroatoms. The first-order valence-electron chi connectivity index (χ1n) is 7.31. The third kappa shape index (κ3) is 2.76. The van der Waals surface area contributed by atoms with E-state index in [0.717, 1.165) is 38.8 Å². The molecule has 1 aliphatic heterocycles. The Bertz CT molecular complexity index is 323. The Kier molecular flexibility index (Phi) is 4.08. The smallest absolute Gasteiger partial charge is 0.225 e. The molecule has 1 amide bonds. The van der Waals surface area contributed by atoms with Crippen LogP contribution in [0.4, 0.5) is 0 Å². The van der Waals surface area contributed by atoms with Gasteiger partial charge in [0.15, 0.2) is 0 Å². The lowest BCUT2D eigenvalue weighted by molar-refractivity contribution is -0.144. The maximum atomic E-state index is 12.2. The zero-order chi connectivity index (χ0) is 13.3. The molecule has 2 aliphatic rings. The summed E-state index contributed by atoms with van der Waals surface area (Å²) in [4.78, 5) is 26.1. The van der Waals surface area contributed by atoms with E-state index in [4.69, 9.17) is 0 Å². The highest BCUT2D eigenvalue weighted by atomic mass is 16.2. The minimum Gasteiger partial charge on any atom is -0.342 e. The molecule has 0 aromatic carbocycles. The van der Waals surface area contributed by atoms with Gasteiger partial charge in [-0.05, 0) is 31.6 Å². The summed E-state index contributed by atoms with van der Waals surface area (Å²) in [6.45, 7) is 8.00. The molecule has 1 saturated heterocycles. The number of Topliss-reactive ketones (excluding diaryl/α,β-unsaturated/α-hetero) is 1. The molecule has 2 fully saturated rings. The molecule has 2 rings (SSSR count). The molecule has 0 unspecified atom stereocenters. The fraction of sp³-hybridized carbons (Fsp3) is 0.867. The number of ketones is 1. The molecular formula is C15H25NO2. The third-order valence-electron chi connectivity index (χ3n) is 4.42. The Labute approximate surface area is 110 Å². The number of rotatable bonds is 3. The van der Waals surface area contributed by atoms with E-state index >= 15 is 0 Å². The average Bonchev–Trinajstić information content (AvgIpc) is 2.33. The van der Waals surface area contributed by atoms with E-state index in [-0.39, 0.29) is 17.8 Å². The zero-order valence-corrected chi connectivity index (χ0v) is 11.8. The molecule has 0 bridgehead atoms. The van der Waals surface area contributed by atoms with Crippen LogP contribution in [0.15, 0.2) is 0 Å². The second-order valence-corrected chi connectivity index (χ2v) is 6.45. The van der Waals surface area contributed by atoms with E-state index in [1.165, 1.54) is 0 Å². The molecule has 1 aliphatic carbocycles. The molecular weight excluding hydrogens is 226 g/mol. The highest BCUT2D eigenvalue weighted by molar-refractivity contribution is 5.84. The first-order valence-corrected chi connectivity index (χ1v) is 7.31. The van der Waals surface area contributed by atoms with Crippen LogP contribution in [0.3, 0.4) is 0 Å². The molecule has 1 heterocycles. The number of amides is 1. The van der Waals surface area contributed by atoms with Gasteiger partial charge in [0.2, 0.25) is 5.91 Å². The Morgan fingerprint density at radius 3 is 1.94 bits per heavy atom. The van der Waals surface area contributed by atoms with E-state index in [0.29, 0.717) is 17.6 Å². The summed E-state index contributed by atoms with van der Waals surface area (Å²) in [7, 11) is 0. The van der Waals surface area contributed by atoms with Gasteiger partial charge in [-0.3, -0.25) is 9.59 Å². The summed E-state index contributed by atoms with van der Waals surface area (Å²) in [5.41, 5.74) is 0. The van der Waals surface area contributed by atoms with Crippen LogP contribution in [0.1, 0.15) is 46.5 Å². The first-order chi connectivity index (χ1) is 8.49. The molecule has 0 radical (unpaired) electrons. The van der Waals surface area contributed by atoms with Gasteiger partial charge in [0.25, 0.3) is 0 Å². The predicted octanol–water partition coefficient (Wildman–Crippen LogP) is 2.50. The molecule has 0 aromatic rings. The van der Waals surface area contributed by atoms with Crippen LogP contribution in [0.25, 0.3) is 0 Å². The number of carbonyl (C=O) groups is 2. The van der Waals surface area contributed by atoms with Crippen molar-refractivity contribution in [2.75, 3.05) is 13.1 Å². The van der Waals surface area contributed by atoms with Crippen molar-refractivity contribution in [1.82, 2.24) is 4.90 Å². The van der Waals surface area contributed by atoms with Crippen molar-refractivity contribution in [3.05, 3.63) is 0 Å². The lowest BCUT2D eigenvalue weighted by Crippen LogP contribution is -2.51. The van der Waals surface area contributed by atoms with Crippen molar-refractivity contribution in [3.8, 4) is 0 Å². The maximum Gasteiger partial charge on any atom is 0.225 e. The number of nitrogens with zero attached hydrogens (tertiary/aromatic N) is 1. The zero-order valence-electron chi connectivity index (χ0n) is 11.8. The van der Waals surface area contributed by atoms with Crippen molar-refractivity contribution < 1.29 is 9.59 Å². The number of hydrogen-bond acceptors (Lipinski definition) is 2. The van der Waals surface area contributed by atoms with Crippen LogP contribution >= 0.6 is 0 Å². The molecule has 0 aromatic heterocycles. The Morgan fingerprint density at radius 1 is 1.00 bits per heavy atom. The molecule has 0 N–H and O–H groups in total. The van der Waals surface area contributed by atoms with Crippen LogP contribution in [0.2, 0.25) is 0 Å². The molecule has 1 saturated carbocycles. The fourth-order valence-electron chi connectivity index (χ4n) is 3.23. The van der Waals surface area contributed by atoms with Crippen LogP contribution < -0.4 is 0 Å². The SMILES string of the molecule is CC1CN(C(=O)[C@H]2CC[C@H](C(=O)C(C)C)CC2)C1. The van der Waals surface area contributed by atoms with Crippen LogP contribution in [0, 0.1) is 23.7 Å². The average molecular weight is 251 g/mol. The molecule has 18 heavy (non-hydrogen) atoms. The summed E-state index contributed by atoms with van der Waals surface area (Å²) in [6, 6.07) is 0. The lowest BCUT2D eigenvalue weighted by atomic mass is 9.77. The summed E-state index contributed by atoms with van der Waals surface area (Å²) < 4.78 is 0. The van der Waals surface area contributed by atoms with Crippen molar-refractivity contribution in [1.29, 1.82) is 0 Å². The van der Waals surface area contributed by atoms with Gasteiger partial charge in [-0.1, -0.05) is 20.8 Å². The van der Waals surface area contributed by atoms with Gasteiger partial charge in [0.05, 0.1) is 0 Å². The van der Waals surface area contributed by atoms with E-state index in [2.05, 4.69) is 6.92 Å². The van der Waals surface area contributed by atoms with Crippen molar-refractivity contribution in [3.63, 3.8) is 0 Å². The van der Waals surface area contributed by atoms with Gasteiger partial charge < -0.3 is 4.90 Å². The Morgan fingerprint density at radius 2 is 1.50 bits per heavy atom. The van der Waals surface area contributed by atoms with Gasteiger partial charge in [-0.25, -0.2) is 0 Å². The largest absolute Gasteiger partial charge is 0.342 e. The highest BCUT2D eigenvalue weighted by Crippen LogP contribution is 2.33. The van der Waals surface area contributed by atoms with Gasteiger partial charge in [0.1, 0.15) is 5.78 Å². The minimum absolute atomic E-state index is 0.137. The molecule has 102 valence electrons. The molecule has 0 atom stereocenters. The summed E-state index contributed by atoms with van der Waals surface area (Å²) in [6.07, 6.45) is 3.65. The Hall–Kier alpha value is -0.860. The predicted molar refractivity (Wildman–Crippen MR) is 71.0 cm³/mol. The Balaban J connectivity index is 1.80. The van der Waals surface area contributed by atoms with Crippen LogP contribution in [0.5, 0.6) is 0 Å². The highest BCUT2D eigenvalue weighted by Gasteiger charge is 2.35. The number of carbonyl (C=O) groups excluding carboxylic acids is 2. The normalized spacial score (nSPS) is 29.2. The van der Waals surface area contributed by atoms with Crippen LogP contribution in [-0.4, -0.2) is 29.7 Å². The lowest BCUT2D eigenvalue weighted by Gasteiger charge is -2.40. The van der Waals surface area contributed by atoms with Crippen molar-refractivity contribution >= 4 is 11.7 Å². The van der Waals surface area contributed by atoms with Gasteiger partial charge >= 0.3 is 0 Å². The van der Waals surface area contributed by atoms with E-state index in [9.17, 15) is 9.59 Å². The van der Waals surface area contributed by atoms with E-state index in [1.54, 1.807) is 0 Å². The van der Waals surface area contributed by atoms with Crippen molar-refractivity contribution in [2.45, 2.75) is 46.5 Å². The van der Waals surface area contributed by atoms with Gasteiger partial charge in [-0.2, -0.15) is 0 Å². The first kappa shape index (κ1) is 13.6. The maximum absolute atomic E-state index is 12.2. The van der Waals surface area contributed by atoms with Crippen molar-refractivity contribution in [2.24, 2.45) is 23.7 Å². The standard InChI is InChI=1S/C15H25NO2/c1-10(2)14(17)12-4-6-13(7-5-12)15(18)16-8-11(3)9-16/h10-13H,4-9H2,1-3H3/t12-,13-. The van der Waals surface area contributed by atoms with E-state index in [1.807, 2.05) is 18.7 Å². The quantitative estimate of drug-likeness (QED) is 0.773. The fourth-order valence-corrected chi connectivity index (χ4v) is 3.23. The van der Waals surface area contributed by atoms with E-state index < -0.39 is 0 Å². The topological polar surface area (TPSA) is 37.4 Å². The summed E-state index contributed by atoms with van der Waals surface area (Å²) >= 11 is 0. The molecule has 0 spiro atoms. The third-order valence-corrected chi connectivity index (χ3v) is 4.42. The van der Waals surface area contributed by atoms with Crippen LogP contribution in [-0.2, 0) is 9.59 Å². The second-order valence-electron chi connectivity index (χ2n) is 6.45. The number of hydrogen-bond donors (Lipinski definition) is 0. The summed E-state index contributed by atoms with van der Waals surface area (Å²) in [5.74, 6) is 1.94. The van der Waals surface area contributed by atoms with Gasteiger partial charge in [-0.15, -0.1) is 0 Å². The van der Waals surface area contributed by atoms with Gasteiger partial charge in [0, 0.05) is 30.8 Å². The summed E-state index contributed by atoms with van der Waals surface area (Å²) in [5, 5.41) is 0. The monoisotopic (exact) mass is 251 g/mol. The molecule has 3 nitrogen and oxygen atoms in total. The number of likely N-dealkylation sites (tertiary alicyclic amines) is 1. The minimum atomic E-state index is 0.137.